The Kier molecular flexibility index (Phi) is 4.82. The van der Waals surface area contributed by atoms with Crippen molar-refractivity contribution in [2.24, 2.45) is 0 Å². The SMILES string of the molecule is CN(C)CCN(C)c1ccc([N+](=O)[O-])c(C(=O)O)c1. The molecule has 0 fully saturated rings. The third-order valence-electron chi connectivity index (χ3n) is 2.73. The zero-order valence-corrected chi connectivity index (χ0v) is 11.2. The van der Waals surface area contributed by atoms with E-state index in [0.29, 0.717) is 12.2 Å². The van der Waals surface area contributed by atoms with Crippen LogP contribution >= 0.6 is 0 Å². The van der Waals surface area contributed by atoms with Crippen molar-refractivity contribution in [3.8, 4) is 0 Å². The molecular weight excluding hydrogens is 250 g/mol. The molecule has 0 radical (unpaired) electrons. The minimum atomic E-state index is -1.30. The van der Waals surface area contributed by atoms with Crippen molar-refractivity contribution < 1.29 is 14.8 Å². The fraction of sp³-hybridized carbons (Fsp3) is 0.417. The summed E-state index contributed by atoms with van der Waals surface area (Å²) in [7, 11) is 5.69. The summed E-state index contributed by atoms with van der Waals surface area (Å²) in [5.74, 6) is -1.30. The van der Waals surface area contributed by atoms with Crippen molar-refractivity contribution in [2.75, 3.05) is 39.1 Å². The molecule has 0 unspecified atom stereocenters. The van der Waals surface area contributed by atoms with Gasteiger partial charge in [0.1, 0.15) is 5.56 Å². The molecule has 0 aliphatic heterocycles. The molecule has 1 aromatic rings. The van der Waals surface area contributed by atoms with Crippen molar-refractivity contribution in [3.05, 3.63) is 33.9 Å². The van der Waals surface area contributed by atoms with Crippen LogP contribution in [0.5, 0.6) is 0 Å². The van der Waals surface area contributed by atoms with Gasteiger partial charge < -0.3 is 14.9 Å². The Morgan fingerprint density at radius 2 is 1.95 bits per heavy atom. The first-order valence-corrected chi connectivity index (χ1v) is 5.70. The maximum absolute atomic E-state index is 11.0. The topological polar surface area (TPSA) is 86.9 Å². The smallest absolute Gasteiger partial charge is 0.342 e. The fourth-order valence-corrected chi connectivity index (χ4v) is 1.57. The quantitative estimate of drug-likeness (QED) is 0.617. The Balaban J connectivity index is 3.01. The van der Waals surface area contributed by atoms with Crippen LogP contribution in [-0.2, 0) is 0 Å². The molecule has 7 heteroatoms. The van der Waals surface area contributed by atoms with E-state index in [1.54, 1.807) is 6.07 Å². The number of carboxylic acids is 1. The number of rotatable bonds is 6. The van der Waals surface area contributed by atoms with Gasteiger partial charge in [-0.05, 0) is 26.2 Å². The van der Waals surface area contributed by atoms with Crippen molar-refractivity contribution in [1.82, 2.24) is 4.90 Å². The van der Waals surface area contributed by atoms with Gasteiger partial charge in [0, 0.05) is 31.9 Å². The third kappa shape index (κ3) is 3.92. The third-order valence-corrected chi connectivity index (χ3v) is 2.73. The van der Waals surface area contributed by atoms with E-state index in [2.05, 4.69) is 0 Å². The zero-order chi connectivity index (χ0) is 14.6. The number of nitrogens with zero attached hydrogens (tertiary/aromatic N) is 3. The molecule has 0 saturated carbocycles. The Morgan fingerprint density at radius 3 is 2.42 bits per heavy atom. The number of carbonyl (C=O) groups is 1. The van der Waals surface area contributed by atoms with E-state index in [-0.39, 0.29) is 5.56 Å². The Bertz CT molecular complexity index is 488. The lowest BCUT2D eigenvalue weighted by molar-refractivity contribution is -0.385. The predicted octanol–water partition coefficient (Wildman–Crippen LogP) is 1.29. The van der Waals surface area contributed by atoms with Gasteiger partial charge in [-0.15, -0.1) is 0 Å². The van der Waals surface area contributed by atoms with Crippen LogP contribution in [0.15, 0.2) is 18.2 Å². The van der Waals surface area contributed by atoms with Gasteiger partial charge in [-0.25, -0.2) is 4.79 Å². The van der Waals surface area contributed by atoms with Gasteiger partial charge in [0.2, 0.25) is 0 Å². The molecule has 0 bridgehead atoms. The van der Waals surface area contributed by atoms with E-state index in [1.165, 1.54) is 12.1 Å². The van der Waals surface area contributed by atoms with E-state index < -0.39 is 16.6 Å². The molecule has 0 saturated heterocycles. The molecule has 1 rings (SSSR count). The lowest BCUT2D eigenvalue weighted by Gasteiger charge is -2.21. The first kappa shape index (κ1) is 14.9. The summed E-state index contributed by atoms with van der Waals surface area (Å²) in [6.07, 6.45) is 0. The maximum Gasteiger partial charge on any atom is 0.342 e. The van der Waals surface area contributed by atoms with E-state index in [0.717, 1.165) is 6.54 Å². The lowest BCUT2D eigenvalue weighted by atomic mass is 10.1. The Labute approximate surface area is 111 Å². The molecule has 0 atom stereocenters. The summed E-state index contributed by atoms with van der Waals surface area (Å²) in [5.41, 5.74) is -0.0405. The zero-order valence-electron chi connectivity index (χ0n) is 11.2. The Hall–Kier alpha value is -2.15. The molecule has 0 spiro atoms. The van der Waals surface area contributed by atoms with Crippen LogP contribution in [-0.4, -0.2) is 55.1 Å². The molecule has 19 heavy (non-hydrogen) atoms. The number of benzene rings is 1. The highest BCUT2D eigenvalue weighted by atomic mass is 16.6. The standard InChI is InChI=1S/C12H17N3O4/c1-13(2)6-7-14(3)9-4-5-11(15(18)19)10(8-9)12(16)17/h4-5,8H,6-7H2,1-3H3,(H,16,17). The van der Waals surface area contributed by atoms with Crippen LogP contribution in [0.25, 0.3) is 0 Å². The number of nitro benzene ring substituents is 1. The second kappa shape index (κ2) is 6.14. The number of anilines is 1. The average molecular weight is 267 g/mol. The number of carboxylic acid groups (broad SMARTS) is 1. The monoisotopic (exact) mass is 267 g/mol. The van der Waals surface area contributed by atoms with E-state index in [9.17, 15) is 14.9 Å². The fourth-order valence-electron chi connectivity index (χ4n) is 1.57. The molecule has 0 aromatic heterocycles. The largest absolute Gasteiger partial charge is 0.477 e. The van der Waals surface area contributed by atoms with E-state index >= 15 is 0 Å². The number of hydrogen-bond donors (Lipinski definition) is 1. The summed E-state index contributed by atoms with van der Waals surface area (Å²) in [6.45, 7) is 1.50. The molecule has 0 heterocycles. The average Bonchev–Trinajstić information content (AvgIpc) is 2.34. The molecule has 0 amide bonds. The van der Waals surface area contributed by atoms with Crippen LogP contribution in [0.3, 0.4) is 0 Å². The van der Waals surface area contributed by atoms with Crippen molar-refractivity contribution >= 4 is 17.3 Å². The Morgan fingerprint density at radius 1 is 1.32 bits per heavy atom. The summed E-state index contributed by atoms with van der Waals surface area (Å²) in [4.78, 5) is 25.0. The number of nitro groups is 1. The van der Waals surface area contributed by atoms with Gasteiger partial charge in [0.05, 0.1) is 4.92 Å². The number of aromatic carboxylic acids is 1. The number of likely N-dealkylation sites (N-methyl/N-ethyl adjacent to an activating group) is 2. The molecule has 0 aliphatic rings. The van der Waals surface area contributed by atoms with Crippen molar-refractivity contribution in [3.63, 3.8) is 0 Å². The lowest BCUT2D eigenvalue weighted by Crippen LogP contribution is -2.28. The van der Waals surface area contributed by atoms with E-state index in [1.807, 2.05) is 30.9 Å². The van der Waals surface area contributed by atoms with Crippen LogP contribution in [0.1, 0.15) is 10.4 Å². The molecule has 1 N–H and O–H groups in total. The first-order chi connectivity index (χ1) is 8.82. The summed E-state index contributed by atoms with van der Waals surface area (Å²) < 4.78 is 0. The van der Waals surface area contributed by atoms with Crippen LogP contribution in [0, 0.1) is 10.1 Å². The molecule has 7 nitrogen and oxygen atoms in total. The van der Waals surface area contributed by atoms with Crippen molar-refractivity contribution in [2.45, 2.75) is 0 Å². The summed E-state index contributed by atoms with van der Waals surface area (Å²) >= 11 is 0. The second-order valence-corrected chi connectivity index (χ2v) is 4.49. The van der Waals surface area contributed by atoms with Crippen molar-refractivity contribution in [1.29, 1.82) is 0 Å². The molecule has 1 aromatic carbocycles. The highest BCUT2D eigenvalue weighted by molar-refractivity contribution is 5.93. The highest BCUT2D eigenvalue weighted by Gasteiger charge is 2.20. The normalized spacial score (nSPS) is 10.5. The van der Waals surface area contributed by atoms with Gasteiger partial charge in [0.25, 0.3) is 5.69 Å². The van der Waals surface area contributed by atoms with Gasteiger partial charge in [0.15, 0.2) is 0 Å². The number of hydrogen-bond acceptors (Lipinski definition) is 5. The van der Waals surface area contributed by atoms with Crippen LogP contribution in [0.4, 0.5) is 11.4 Å². The predicted molar refractivity (Wildman–Crippen MR) is 71.9 cm³/mol. The first-order valence-electron chi connectivity index (χ1n) is 5.70. The minimum Gasteiger partial charge on any atom is -0.477 e. The maximum atomic E-state index is 11.0. The molecule has 0 aliphatic carbocycles. The molecular formula is C12H17N3O4. The van der Waals surface area contributed by atoms with Gasteiger partial charge in [-0.1, -0.05) is 0 Å². The van der Waals surface area contributed by atoms with Crippen LogP contribution < -0.4 is 4.90 Å². The second-order valence-electron chi connectivity index (χ2n) is 4.49. The van der Waals surface area contributed by atoms with E-state index in [4.69, 9.17) is 5.11 Å². The van der Waals surface area contributed by atoms with Crippen LogP contribution in [0.2, 0.25) is 0 Å². The highest BCUT2D eigenvalue weighted by Crippen LogP contribution is 2.24. The minimum absolute atomic E-state index is 0.292. The molecule has 104 valence electrons. The van der Waals surface area contributed by atoms with Gasteiger partial charge in [-0.2, -0.15) is 0 Å². The summed E-state index contributed by atoms with van der Waals surface area (Å²) in [6, 6.07) is 4.11. The van der Waals surface area contributed by atoms with Gasteiger partial charge >= 0.3 is 5.97 Å². The van der Waals surface area contributed by atoms with Gasteiger partial charge in [-0.3, -0.25) is 10.1 Å². The summed E-state index contributed by atoms with van der Waals surface area (Å²) in [5, 5.41) is 19.8.